The van der Waals surface area contributed by atoms with Gasteiger partial charge in [-0.2, -0.15) is 0 Å². The fourth-order valence-corrected chi connectivity index (χ4v) is 3.03. The molecule has 1 aliphatic heterocycles. The second-order valence-electron chi connectivity index (χ2n) is 5.12. The molecule has 15 heavy (non-hydrogen) atoms. The van der Waals surface area contributed by atoms with Crippen molar-refractivity contribution in [2.45, 2.75) is 45.1 Å². The van der Waals surface area contributed by atoms with Gasteiger partial charge in [-0.25, -0.2) is 0 Å². The number of hydrogen-bond donors (Lipinski definition) is 1. The van der Waals surface area contributed by atoms with Crippen molar-refractivity contribution in [3.63, 3.8) is 0 Å². The third-order valence-corrected chi connectivity index (χ3v) is 3.94. The summed E-state index contributed by atoms with van der Waals surface area (Å²) >= 11 is 0. The zero-order chi connectivity index (χ0) is 10.4. The van der Waals surface area contributed by atoms with E-state index in [1.807, 2.05) is 0 Å². The van der Waals surface area contributed by atoms with Crippen LogP contribution in [0.3, 0.4) is 0 Å². The third kappa shape index (κ3) is 1.51. The Labute approximate surface area is 91.7 Å². The Morgan fingerprint density at radius 2 is 2.07 bits per heavy atom. The molecule has 1 unspecified atom stereocenters. The first-order valence-electron chi connectivity index (χ1n) is 6.16. The molecule has 1 aliphatic carbocycles. The van der Waals surface area contributed by atoms with Gasteiger partial charge in [-0.15, -0.1) is 0 Å². The van der Waals surface area contributed by atoms with Gasteiger partial charge < -0.3 is 9.88 Å². The van der Waals surface area contributed by atoms with Gasteiger partial charge in [0.2, 0.25) is 0 Å². The largest absolute Gasteiger partial charge is 0.346 e. The Morgan fingerprint density at radius 3 is 2.67 bits per heavy atom. The predicted molar refractivity (Wildman–Crippen MR) is 62.4 cm³/mol. The average molecular weight is 204 g/mol. The van der Waals surface area contributed by atoms with E-state index in [1.165, 1.54) is 43.7 Å². The highest BCUT2D eigenvalue weighted by atomic mass is 15.1. The molecule has 2 heterocycles. The molecule has 82 valence electrons. The number of aromatic nitrogens is 1. The van der Waals surface area contributed by atoms with Crippen molar-refractivity contribution in [3.8, 4) is 0 Å². The predicted octanol–water partition coefficient (Wildman–Crippen LogP) is 2.52. The monoisotopic (exact) mass is 204 g/mol. The number of rotatable bonds is 2. The van der Waals surface area contributed by atoms with Gasteiger partial charge in [0.1, 0.15) is 0 Å². The highest BCUT2D eigenvalue weighted by Gasteiger charge is 2.29. The van der Waals surface area contributed by atoms with Crippen LogP contribution in [0.15, 0.2) is 6.07 Å². The second-order valence-corrected chi connectivity index (χ2v) is 5.12. The first kappa shape index (κ1) is 9.46. The molecule has 0 radical (unpaired) electrons. The molecule has 2 aliphatic rings. The summed E-state index contributed by atoms with van der Waals surface area (Å²) in [6.07, 6.45) is 4.09. The Kier molecular flexibility index (Phi) is 2.13. The summed E-state index contributed by atoms with van der Waals surface area (Å²) in [5.74, 6) is 0.767. The van der Waals surface area contributed by atoms with Crippen LogP contribution in [0, 0.1) is 13.8 Å². The van der Waals surface area contributed by atoms with Gasteiger partial charge in [-0.3, -0.25) is 0 Å². The molecule has 1 saturated heterocycles. The van der Waals surface area contributed by atoms with Crippen LogP contribution in [0.1, 0.15) is 48.2 Å². The average Bonchev–Trinajstić information content (AvgIpc) is 2.79. The molecule has 2 nitrogen and oxygen atoms in total. The van der Waals surface area contributed by atoms with Gasteiger partial charge in [0, 0.05) is 24.0 Å². The first-order chi connectivity index (χ1) is 7.27. The minimum Gasteiger partial charge on any atom is -0.346 e. The zero-order valence-corrected chi connectivity index (χ0v) is 9.71. The molecular weight excluding hydrogens is 184 g/mol. The van der Waals surface area contributed by atoms with Crippen LogP contribution in [-0.2, 0) is 0 Å². The van der Waals surface area contributed by atoms with Crippen molar-refractivity contribution in [3.05, 3.63) is 23.0 Å². The molecule has 1 N–H and O–H groups in total. The number of hydrogen-bond acceptors (Lipinski definition) is 1. The van der Waals surface area contributed by atoms with Crippen molar-refractivity contribution >= 4 is 0 Å². The maximum absolute atomic E-state index is 3.46. The molecule has 1 atom stereocenters. The molecule has 0 bridgehead atoms. The van der Waals surface area contributed by atoms with Crippen LogP contribution in [0.25, 0.3) is 0 Å². The molecule has 2 fully saturated rings. The number of nitrogens with zero attached hydrogens (tertiary/aromatic N) is 1. The van der Waals surface area contributed by atoms with Crippen molar-refractivity contribution in [2.24, 2.45) is 0 Å². The molecule has 0 amide bonds. The van der Waals surface area contributed by atoms with Gasteiger partial charge in [0.05, 0.1) is 0 Å². The summed E-state index contributed by atoms with van der Waals surface area (Å²) < 4.78 is 2.56. The van der Waals surface area contributed by atoms with E-state index in [1.54, 1.807) is 5.56 Å². The lowest BCUT2D eigenvalue weighted by molar-refractivity contribution is 0.683. The molecule has 3 rings (SSSR count). The van der Waals surface area contributed by atoms with Crippen molar-refractivity contribution in [1.29, 1.82) is 0 Å². The van der Waals surface area contributed by atoms with Gasteiger partial charge in [-0.1, -0.05) is 0 Å². The Morgan fingerprint density at radius 1 is 1.27 bits per heavy atom. The zero-order valence-electron chi connectivity index (χ0n) is 9.71. The fraction of sp³-hybridized carbons (Fsp3) is 0.692. The Hall–Kier alpha value is -0.760. The summed E-state index contributed by atoms with van der Waals surface area (Å²) in [6.45, 7) is 6.93. The molecule has 1 aromatic rings. The highest BCUT2D eigenvalue weighted by molar-refractivity contribution is 5.32. The van der Waals surface area contributed by atoms with Gasteiger partial charge >= 0.3 is 0 Å². The van der Waals surface area contributed by atoms with Crippen molar-refractivity contribution < 1.29 is 0 Å². The van der Waals surface area contributed by atoms with Crippen molar-refractivity contribution in [2.75, 3.05) is 13.1 Å². The van der Waals surface area contributed by atoms with Crippen LogP contribution in [0.5, 0.6) is 0 Å². The van der Waals surface area contributed by atoms with Gasteiger partial charge in [0.25, 0.3) is 0 Å². The topological polar surface area (TPSA) is 17.0 Å². The molecule has 0 aromatic carbocycles. The quantitative estimate of drug-likeness (QED) is 0.783. The maximum Gasteiger partial charge on any atom is 0.0337 e. The summed E-state index contributed by atoms with van der Waals surface area (Å²) in [4.78, 5) is 0. The fourth-order valence-electron chi connectivity index (χ4n) is 3.03. The third-order valence-electron chi connectivity index (χ3n) is 3.94. The molecule has 0 spiro atoms. The molecule has 2 heteroatoms. The Balaban J connectivity index is 1.97. The van der Waals surface area contributed by atoms with E-state index in [-0.39, 0.29) is 0 Å². The smallest absolute Gasteiger partial charge is 0.0337 e. The van der Waals surface area contributed by atoms with E-state index in [4.69, 9.17) is 0 Å². The second kappa shape index (κ2) is 3.38. The van der Waals surface area contributed by atoms with Gasteiger partial charge in [0.15, 0.2) is 0 Å². The van der Waals surface area contributed by atoms with Crippen LogP contribution in [0.4, 0.5) is 0 Å². The highest BCUT2D eigenvalue weighted by Crippen LogP contribution is 2.40. The van der Waals surface area contributed by atoms with E-state index in [0.29, 0.717) is 0 Å². The van der Waals surface area contributed by atoms with Crippen LogP contribution in [0.2, 0.25) is 0 Å². The van der Waals surface area contributed by atoms with E-state index in [9.17, 15) is 0 Å². The van der Waals surface area contributed by atoms with E-state index < -0.39 is 0 Å². The summed E-state index contributed by atoms with van der Waals surface area (Å²) in [5, 5.41) is 3.46. The summed E-state index contributed by atoms with van der Waals surface area (Å²) in [7, 11) is 0. The number of nitrogens with one attached hydrogen (secondary N) is 1. The van der Waals surface area contributed by atoms with Gasteiger partial charge in [-0.05, 0) is 57.2 Å². The molecule has 1 saturated carbocycles. The van der Waals surface area contributed by atoms with Crippen LogP contribution in [-0.4, -0.2) is 17.7 Å². The number of aryl methyl sites for hydroxylation is 1. The van der Waals surface area contributed by atoms with E-state index >= 15 is 0 Å². The summed E-state index contributed by atoms with van der Waals surface area (Å²) in [6, 6.07) is 3.25. The summed E-state index contributed by atoms with van der Waals surface area (Å²) in [5.41, 5.74) is 4.60. The standard InChI is InChI=1S/C13H20N2/c1-9-7-13(11-5-6-14-8-11)10(2)15(9)12-3-4-12/h7,11-12,14H,3-6,8H2,1-2H3. The normalized spacial score (nSPS) is 26.1. The lowest BCUT2D eigenvalue weighted by Gasteiger charge is -2.11. The lowest BCUT2D eigenvalue weighted by atomic mass is 9.99. The minimum absolute atomic E-state index is 0.767. The van der Waals surface area contributed by atoms with E-state index in [0.717, 1.165) is 12.0 Å². The Bertz CT molecular complexity index is 368. The first-order valence-corrected chi connectivity index (χ1v) is 6.16. The molecular formula is C13H20N2. The lowest BCUT2D eigenvalue weighted by Crippen LogP contribution is -2.08. The maximum atomic E-state index is 3.46. The van der Waals surface area contributed by atoms with Crippen LogP contribution >= 0.6 is 0 Å². The SMILES string of the molecule is Cc1cc(C2CCNC2)c(C)n1C1CC1. The minimum atomic E-state index is 0.767. The van der Waals surface area contributed by atoms with Crippen molar-refractivity contribution in [1.82, 2.24) is 9.88 Å². The van der Waals surface area contributed by atoms with E-state index in [2.05, 4.69) is 29.8 Å². The van der Waals surface area contributed by atoms with Crippen LogP contribution < -0.4 is 5.32 Å². The molecule has 1 aromatic heterocycles.